The summed E-state index contributed by atoms with van der Waals surface area (Å²) >= 11 is 0. The van der Waals surface area contributed by atoms with E-state index in [0.29, 0.717) is 43.4 Å². The van der Waals surface area contributed by atoms with Crippen LogP contribution in [0.2, 0.25) is 0 Å². The lowest BCUT2D eigenvalue weighted by atomic mass is 9.94. The number of hydrogen-bond acceptors (Lipinski definition) is 4. The third-order valence-corrected chi connectivity index (χ3v) is 3.08. The Hall–Kier alpha value is -1.75. The zero-order valence-electron chi connectivity index (χ0n) is 11.4. The van der Waals surface area contributed by atoms with Crippen LogP contribution in [0, 0.1) is 5.41 Å². The number of benzene rings is 1. The molecule has 0 atom stereocenters. The molecule has 0 radical (unpaired) electrons. The molecule has 0 saturated carbocycles. The van der Waals surface area contributed by atoms with E-state index in [1.807, 2.05) is 13.8 Å². The first-order valence-corrected chi connectivity index (χ1v) is 6.40. The van der Waals surface area contributed by atoms with E-state index in [0.717, 1.165) is 0 Å². The van der Waals surface area contributed by atoms with Crippen LogP contribution in [0.3, 0.4) is 0 Å². The molecule has 1 heterocycles. The Morgan fingerprint density at radius 2 is 2.00 bits per heavy atom. The van der Waals surface area contributed by atoms with Gasteiger partial charge in [0, 0.05) is 12.1 Å². The molecule has 5 heteroatoms. The molecule has 1 aliphatic rings. The Labute approximate surface area is 113 Å². The van der Waals surface area contributed by atoms with Crippen LogP contribution in [-0.2, 0) is 0 Å². The summed E-state index contributed by atoms with van der Waals surface area (Å²) in [6, 6.07) is 5.20. The highest BCUT2D eigenvalue weighted by molar-refractivity contribution is 5.94. The largest absolute Gasteiger partial charge is 0.486 e. The monoisotopic (exact) mass is 264 g/mol. The first-order chi connectivity index (χ1) is 9.02. The van der Waals surface area contributed by atoms with Crippen LogP contribution in [0.15, 0.2) is 18.2 Å². The van der Waals surface area contributed by atoms with Gasteiger partial charge in [-0.15, -0.1) is 0 Å². The van der Waals surface area contributed by atoms with Crippen molar-refractivity contribution >= 4 is 5.91 Å². The van der Waals surface area contributed by atoms with E-state index < -0.39 is 0 Å². The maximum Gasteiger partial charge on any atom is 0.251 e. The van der Waals surface area contributed by atoms with Gasteiger partial charge in [0.05, 0.1) is 0 Å². The Morgan fingerprint density at radius 1 is 1.32 bits per heavy atom. The maximum atomic E-state index is 12.0. The third kappa shape index (κ3) is 3.38. The van der Waals surface area contributed by atoms with Gasteiger partial charge in [0.15, 0.2) is 11.5 Å². The molecule has 5 nitrogen and oxygen atoms in total. The van der Waals surface area contributed by atoms with E-state index in [9.17, 15) is 4.79 Å². The molecule has 0 bridgehead atoms. The average molecular weight is 264 g/mol. The van der Waals surface area contributed by atoms with Crippen LogP contribution in [0.5, 0.6) is 11.5 Å². The standard InChI is InChI=1S/C14H20N2O3/c1-14(2,8-15)9-16-13(17)10-3-4-11-12(7-10)19-6-5-18-11/h3-4,7H,5-6,8-9,15H2,1-2H3,(H,16,17). The van der Waals surface area contributed by atoms with Crippen molar-refractivity contribution in [3.63, 3.8) is 0 Å². The van der Waals surface area contributed by atoms with Crippen molar-refractivity contribution < 1.29 is 14.3 Å². The fraction of sp³-hybridized carbons (Fsp3) is 0.500. The van der Waals surface area contributed by atoms with Crippen LogP contribution >= 0.6 is 0 Å². The van der Waals surface area contributed by atoms with Crippen LogP contribution < -0.4 is 20.5 Å². The fourth-order valence-electron chi connectivity index (χ4n) is 1.68. The first kappa shape index (κ1) is 13.7. The van der Waals surface area contributed by atoms with Gasteiger partial charge >= 0.3 is 0 Å². The third-order valence-electron chi connectivity index (χ3n) is 3.08. The normalized spacial score (nSPS) is 14.1. The van der Waals surface area contributed by atoms with Crippen molar-refractivity contribution in [1.29, 1.82) is 0 Å². The quantitative estimate of drug-likeness (QED) is 0.856. The van der Waals surface area contributed by atoms with Crippen molar-refractivity contribution in [2.75, 3.05) is 26.3 Å². The topological polar surface area (TPSA) is 73.6 Å². The Balaban J connectivity index is 2.03. The lowest BCUT2D eigenvalue weighted by molar-refractivity contribution is 0.0936. The molecule has 0 spiro atoms. The average Bonchev–Trinajstić information content (AvgIpc) is 2.44. The molecule has 1 aromatic rings. The molecule has 0 fully saturated rings. The number of carbonyl (C=O) groups excluding carboxylic acids is 1. The zero-order valence-corrected chi connectivity index (χ0v) is 11.4. The summed E-state index contributed by atoms with van der Waals surface area (Å²) in [4.78, 5) is 12.0. The Morgan fingerprint density at radius 3 is 2.68 bits per heavy atom. The van der Waals surface area contributed by atoms with Crippen LogP contribution in [-0.4, -0.2) is 32.2 Å². The lowest BCUT2D eigenvalue weighted by Crippen LogP contribution is -2.38. The van der Waals surface area contributed by atoms with E-state index in [1.54, 1.807) is 18.2 Å². The predicted octanol–water partition coefficient (Wildman–Crippen LogP) is 1.17. The minimum absolute atomic E-state index is 0.108. The number of carbonyl (C=O) groups is 1. The number of nitrogens with two attached hydrogens (primary N) is 1. The van der Waals surface area contributed by atoms with Gasteiger partial charge in [0.2, 0.25) is 0 Å². The highest BCUT2D eigenvalue weighted by atomic mass is 16.6. The number of amides is 1. The summed E-state index contributed by atoms with van der Waals surface area (Å²) in [7, 11) is 0. The van der Waals surface area contributed by atoms with Crippen LogP contribution in [0.4, 0.5) is 0 Å². The molecule has 1 aromatic carbocycles. The molecule has 19 heavy (non-hydrogen) atoms. The highest BCUT2D eigenvalue weighted by Crippen LogP contribution is 2.30. The summed E-state index contributed by atoms with van der Waals surface area (Å²) in [5.74, 6) is 1.18. The Kier molecular flexibility index (Phi) is 3.95. The highest BCUT2D eigenvalue weighted by Gasteiger charge is 2.19. The summed E-state index contributed by atoms with van der Waals surface area (Å²) < 4.78 is 10.9. The molecule has 1 aliphatic heterocycles. The molecular formula is C14H20N2O3. The lowest BCUT2D eigenvalue weighted by Gasteiger charge is -2.23. The van der Waals surface area contributed by atoms with Gasteiger partial charge in [-0.25, -0.2) is 0 Å². The summed E-state index contributed by atoms with van der Waals surface area (Å²) in [6.07, 6.45) is 0. The van der Waals surface area contributed by atoms with E-state index in [1.165, 1.54) is 0 Å². The van der Waals surface area contributed by atoms with Crippen LogP contribution in [0.25, 0.3) is 0 Å². The SMILES string of the molecule is CC(C)(CN)CNC(=O)c1ccc2c(c1)OCCO2. The van der Waals surface area contributed by atoms with E-state index in [-0.39, 0.29) is 11.3 Å². The second-order valence-electron chi connectivity index (χ2n) is 5.41. The minimum Gasteiger partial charge on any atom is -0.486 e. The van der Waals surface area contributed by atoms with Gasteiger partial charge in [-0.1, -0.05) is 13.8 Å². The van der Waals surface area contributed by atoms with Crippen molar-refractivity contribution in [1.82, 2.24) is 5.32 Å². The fourth-order valence-corrected chi connectivity index (χ4v) is 1.68. The number of rotatable bonds is 4. The van der Waals surface area contributed by atoms with Crippen molar-refractivity contribution in [3.8, 4) is 11.5 Å². The summed E-state index contributed by atoms with van der Waals surface area (Å²) in [6.45, 7) is 6.14. The van der Waals surface area contributed by atoms with Gasteiger partial charge in [-0.05, 0) is 30.2 Å². The minimum atomic E-state index is -0.126. The molecule has 3 N–H and O–H groups in total. The van der Waals surface area contributed by atoms with E-state index in [4.69, 9.17) is 15.2 Å². The molecule has 104 valence electrons. The van der Waals surface area contributed by atoms with Gasteiger partial charge in [-0.2, -0.15) is 0 Å². The zero-order chi connectivity index (χ0) is 13.9. The molecule has 1 amide bonds. The second-order valence-corrected chi connectivity index (χ2v) is 5.41. The van der Waals surface area contributed by atoms with Gasteiger partial charge in [-0.3, -0.25) is 4.79 Å². The smallest absolute Gasteiger partial charge is 0.251 e. The summed E-state index contributed by atoms with van der Waals surface area (Å²) in [5.41, 5.74) is 6.09. The number of nitrogens with one attached hydrogen (secondary N) is 1. The van der Waals surface area contributed by atoms with Gasteiger partial charge in [0.1, 0.15) is 13.2 Å². The van der Waals surface area contributed by atoms with Crippen LogP contribution in [0.1, 0.15) is 24.2 Å². The van der Waals surface area contributed by atoms with Gasteiger partial charge in [0.25, 0.3) is 5.91 Å². The second kappa shape index (κ2) is 5.48. The molecule has 0 saturated heterocycles. The van der Waals surface area contributed by atoms with Gasteiger partial charge < -0.3 is 20.5 Å². The number of fused-ring (bicyclic) bond motifs is 1. The predicted molar refractivity (Wildman–Crippen MR) is 72.6 cm³/mol. The molecule has 0 aromatic heterocycles. The van der Waals surface area contributed by atoms with E-state index >= 15 is 0 Å². The molecule has 0 unspecified atom stereocenters. The maximum absolute atomic E-state index is 12.0. The summed E-state index contributed by atoms with van der Waals surface area (Å²) in [5, 5.41) is 2.88. The van der Waals surface area contributed by atoms with E-state index in [2.05, 4.69) is 5.32 Å². The number of ether oxygens (including phenoxy) is 2. The molecule has 0 aliphatic carbocycles. The number of hydrogen-bond donors (Lipinski definition) is 2. The van der Waals surface area contributed by atoms with Crippen molar-refractivity contribution in [3.05, 3.63) is 23.8 Å². The molecular weight excluding hydrogens is 244 g/mol. The molecule has 2 rings (SSSR count). The van der Waals surface area contributed by atoms with Crippen molar-refractivity contribution in [2.24, 2.45) is 11.1 Å². The first-order valence-electron chi connectivity index (χ1n) is 6.40. The van der Waals surface area contributed by atoms with Crippen molar-refractivity contribution in [2.45, 2.75) is 13.8 Å². The Bertz CT molecular complexity index is 472.